The number of urea groups is 1. The summed E-state index contributed by atoms with van der Waals surface area (Å²) in [6.45, 7) is 1.73. The Morgan fingerprint density at radius 1 is 1.06 bits per heavy atom. The quantitative estimate of drug-likeness (QED) is 0.320. The molecular formula is C26H21N7O2. The molecule has 3 heterocycles. The van der Waals surface area contributed by atoms with E-state index in [0.29, 0.717) is 17.0 Å². The smallest absolute Gasteiger partial charge is 0.319 e. The van der Waals surface area contributed by atoms with Crippen molar-refractivity contribution in [2.45, 2.75) is 13.0 Å². The number of imidazole rings is 1. The number of allylic oxidation sites excluding steroid dienone is 1. The van der Waals surface area contributed by atoms with Crippen molar-refractivity contribution in [2.75, 3.05) is 5.32 Å². The molecule has 4 N–H and O–H groups in total. The van der Waals surface area contributed by atoms with Crippen molar-refractivity contribution in [2.24, 2.45) is 0 Å². The summed E-state index contributed by atoms with van der Waals surface area (Å²) in [5.41, 5.74) is 6.11. The fourth-order valence-corrected chi connectivity index (χ4v) is 4.46. The van der Waals surface area contributed by atoms with Gasteiger partial charge < -0.3 is 16.0 Å². The van der Waals surface area contributed by atoms with E-state index in [1.807, 2.05) is 71.3 Å². The fraction of sp³-hybridized carbons (Fsp3) is 0.0769. The van der Waals surface area contributed by atoms with Gasteiger partial charge in [-0.15, -0.1) is 0 Å². The Balaban J connectivity index is 1.31. The third-order valence-electron chi connectivity index (χ3n) is 6.17. The lowest BCUT2D eigenvalue weighted by atomic mass is 9.94. The van der Waals surface area contributed by atoms with Crippen LogP contribution in [-0.2, 0) is 4.79 Å². The number of carbonyl (C=O) groups excluding carboxylic acids is 2. The molecule has 0 radical (unpaired) electrons. The van der Waals surface area contributed by atoms with Gasteiger partial charge in [-0.2, -0.15) is 5.10 Å². The zero-order valence-electron chi connectivity index (χ0n) is 18.7. The van der Waals surface area contributed by atoms with Crippen LogP contribution in [0, 0.1) is 0 Å². The molecular weight excluding hydrogens is 442 g/mol. The van der Waals surface area contributed by atoms with Gasteiger partial charge in [0.2, 0.25) is 0 Å². The largest absolute Gasteiger partial charge is 0.327 e. The standard InChI is InChI=1S/C26H21N7O2/c1-15-23(25(34)30-18-8-11-20-17(12-18)13-28-32-20)24(31-26(35)29-15)16-6-9-19(10-7-16)33-14-27-21-4-2-3-5-22(21)33/h2-14,24H,1H3,(H,28,32)(H,30,34)(H2,29,31,35). The molecule has 1 aliphatic rings. The van der Waals surface area contributed by atoms with Gasteiger partial charge in [-0.25, -0.2) is 9.78 Å². The monoisotopic (exact) mass is 463 g/mol. The molecule has 1 atom stereocenters. The molecule has 35 heavy (non-hydrogen) atoms. The topological polar surface area (TPSA) is 117 Å². The van der Waals surface area contributed by atoms with E-state index in [1.165, 1.54) is 0 Å². The summed E-state index contributed by atoms with van der Waals surface area (Å²) in [7, 11) is 0. The van der Waals surface area contributed by atoms with E-state index in [2.05, 4.69) is 31.1 Å². The van der Waals surface area contributed by atoms with Gasteiger partial charge in [0.15, 0.2) is 0 Å². The second-order valence-corrected chi connectivity index (χ2v) is 8.39. The minimum Gasteiger partial charge on any atom is -0.327 e. The third-order valence-corrected chi connectivity index (χ3v) is 6.17. The molecule has 0 bridgehead atoms. The summed E-state index contributed by atoms with van der Waals surface area (Å²) in [6.07, 6.45) is 3.48. The van der Waals surface area contributed by atoms with E-state index in [1.54, 1.807) is 19.4 Å². The van der Waals surface area contributed by atoms with Gasteiger partial charge in [0, 0.05) is 22.5 Å². The summed E-state index contributed by atoms with van der Waals surface area (Å²) < 4.78 is 2.00. The molecule has 3 amide bonds. The van der Waals surface area contributed by atoms with Crippen molar-refractivity contribution in [3.8, 4) is 5.69 Å². The Morgan fingerprint density at radius 2 is 1.89 bits per heavy atom. The molecule has 1 unspecified atom stereocenters. The van der Waals surface area contributed by atoms with Gasteiger partial charge in [-0.05, 0) is 55.0 Å². The number of hydrogen-bond donors (Lipinski definition) is 4. The summed E-state index contributed by atoms with van der Waals surface area (Å²) in [5, 5.41) is 16.4. The number of aromatic nitrogens is 4. The van der Waals surface area contributed by atoms with Crippen LogP contribution >= 0.6 is 0 Å². The maximum absolute atomic E-state index is 13.3. The molecule has 0 spiro atoms. The predicted octanol–water partition coefficient (Wildman–Crippen LogP) is 4.17. The minimum absolute atomic E-state index is 0.299. The van der Waals surface area contributed by atoms with Gasteiger partial charge in [0.05, 0.1) is 34.4 Å². The SMILES string of the molecule is CC1=C(C(=O)Nc2ccc3[nH]ncc3c2)C(c2ccc(-n3cnc4ccccc43)cc2)NC(=O)N1. The van der Waals surface area contributed by atoms with Crippen molar-refractivity contribution in [3.05, 3.63) is 96.1 Å². The van der Waals surface area contributed by atoms with Crippen LogP contribution in [0.2, 0.25) is 0 Å². The van der Waals surface area contributed by atoms with E-state index in [0.717, 1.165) is 33.2 Å². The lowest BCUT2D eigenvalue weighted by Gasteiger charge is -2.28. The number of anilines is 1. The molecule has 2 aromatic heterocycles. The molecule has 9 nitrogen and oxygen atoms in total. The summed E-state index contributed by atoms with van der Waals surface area (Å²) in [5.74, 6) is -0.299. The molecule has 1 aliphatic heterocycles. The van der Waals surface area contributed by atoms with Crippen molar-refractivity contribution in [3.63, 3.8) is 0 Å². The second kappa shape index (κ2) is 8.14. The molecule has 5 aromatic rings. The zero-order chi connectivity index (χ0) is 23.9. The highest BCUT2D eigenvalue weighted by Crippen LogP contribution is 2.29. The Morgan fingerprint density at radius 3 is 2.74 bits per heavy atom. The van der Waals surface area contributed by atoms with Crippen LogP contribution in [0.3, 0.4) is 0 Å². The molecule has 172 valence electrons. The number of fused-ring (bicyclic) bond motifs is 2. The highest BCUT2D eigenvalue weighted by atomic mass is 16.2. The van der Waals surface area contributed by atoms with Crippen molar-refractivity contribution >= 4 is 39.6 Å². The van der Waals surface area contributed by atoms with Gasteiger partial charge in [-0.1, -0.05) is 24.3 Å². The van der Waals surface area contributed by atoms with Crippen molar-refractivity contribution < 1.29 is 9.59 Å². The number of para-hydroxylation sites is 2. The number of nitrogens with one attached hydrogen (secondary N) is 4. The Labute approximate surface area is 199 Å². The van der Waals surface area contributed by atoms with Crippen LogP contribution < -0.4 is 16.0 Å². The fourth-order valence-electron chi connectivity index (χ4n) is 4.46. The first-order chi connectivity index (χ1) is 17.1. The van der Waals surface area contributed by atoms with Crippen LogP contribution in [0.5, 0.6) is 0 Å². The van der Waals surface area contributed by atoms with Gasteiger partial charge in [0.1, 0.15) is 6.33 Å². The molecule has 0 fully saturated rings. The van der Waals surface area contributed by atoms with E-state index in [4.69, 9.17) is 0 Å². The number of aromatic amines is 1. The van der Waals surface area contributed by atoms with Crippen LogP contribution in [0.4, 0.5) is 10.5 Å². The highest BCUT2D eigenvalue weighted by Gasteiger charge is 2.31. The first kappa shape index (κ1) is 20.7. The lowest BCUT2D eigenvalue weighted by Crippen LogP contribution is -2.45. The lowest BCUT2D eigenvalue weighted by molar-refractivity contribution is -0.113. The normalized spacial score (nSPS) is 15.8. The van der Waals surface area contributed by atoms with Crippen LogP contribution in [0.1, 0.15) is 18.5 Å². The van der Waals surface area contributed by atoms with E-state index in [9.17, 15) is 9.59 Å². The predicted molar refractivity (Wildman–Crippen MR) is 133 cm³/mol. The van der Waals surface area contributed by atoms with Crippen LogP contribution in [0.25, 0.3) is 27.6 Å². The second-order valence-electron chi connectivity index (χ2n) is 8.39. The molecule has 0 aliphatic carbocycles. The average molecular weight is 464 g/mol. The maximum Gasteiger partial charge on any atom is 0.319 e. The van der Waals surface area contributed by atoms with Gasteiger partial charge in [0.25, 0.3) is 5.91 Å². The molecule has 6 rings (SSSR count). The highest BCUT2D eigenvalue weighted by molar-refractivity contribution is 6.07. The van der Waals surface area contributed by atoms with Crippen LogP contribution in [-0.4, -0.2) is 31.7 Å². The Kier molecular flexibility index (Phi) is 4.81. The third kappa shape index (κ3) is 3.68. The maximum atomic E-state index is 13.3. The minimum atomic E-state index is -0.602. The number of H-pyrrole nitrogens is 1. The van der Waals surface area contributed by atoms with E-state index in [-0.39, 0.29) is 11.9 Å². The number of hydrogen-bond acceptors (Lipinski definition) is 4. The van der Waals surface area contributed by atoms with E-state index >= 15 is 0 Å². The number of benzene rings is 3. The zero-order valence-corrected chi connectivity index (χ0v) is 18.7. The average Bonchev–Trinajstić information content (AvgIpc) is 3.50. The van der Waals surface area contributed by atoms with Gasteiger partial charge >= 0.3 is 6.03 Å². The van der Waals surface area contributed by atoms with Gasteiger partial charge in [-0.3, -0.25) is 14.5 Å². The van der Waals surface area contributed by atoms with Crippen molar-refractivity contribution in [1.82, 2.24) is 30.4 Å². The number of rotatable bonds is 4. The van der Waals surface area contributed by atoms with Crippen LogP contribution in [0.15, 0.2) is 90.5 Å². The molecule has 0 saturated heterocycles. The summed E-state index contributed by atoms with van der Waals surface area (Å²) in [6, 6.07) is 20.2. The number of carbonyl (C=O) groups is 2. The summed E-state index contributed by atoms with van der Waals surface area (Å²) in [4.78, 5) is 30.1. The molecule has 9 heteroatoms. The first-order valence-corrected chi connectivity index (χ1v) is 11.1. The van der Waals surface area contributed by atoms with Crippen molar-refractivity contribution in [1.29, 1.82) is 0 Å². The first-order valence-electron chi connectivity index (χ1n) is 11.1. The Bertz CT molecular complexity index is 1630. The number of amides is 3. The van der Waals surface area contributed by atoms with E-state index < -0.39 is 6.04 Å². The molecule has 3 aromatic carbocycles. The Hall–Kier alpha value is -4.92. The summed E-state index contributed by atoms with van der Waals surface area (Å²) >= 11 is 0. The molecule has 0 saturated carbocycles. The number of nitrogens with zero attached hydrogens (tertiary/aromatic N) is 3.